The fraction of sp³-hybridized carbons (Fsp3) is 0.211. The lowest BCUT2D eigenvalue weighted by Gasteiger charge is -2.14. The number of nitrogens with one attached hydrogen (secondary N) is 1. The lowest BCUT2D eigenvalue weighted by atomic mass is 10.1. The molecular formula is C19H20N4O2. The van der Waals surface area contributed by atoms with Crippen molar-refractivity contribution in [2.75, 3.05) is 5.32 Å². The van der Waals surface area contributed by atoms with Crippen molar-refractivity contribution in [2.24, 2.45) is 7.05 Å². The first-order valence-electron chi connectivity index (χ1n) is 8.02. The molecule has 0 spiro atoms. The Hall–Kier alpha value is -3.15. The van der Waals surface area contributed by atoms with Crippen LogP contribution in [-0.2, 0) is 7.05 Å². The second kappa shape index (κ2) is 7.17. The number of aryl methyl sites for hydroxylation is 2. The number of carbonyl (C=O) groups excluding carboxylic acids is 1. The second-order valence-corrected chi connectivity index (χ2v) is 5.80. The summed E-state index contributed by atoms with van der Waals surface area (Å²) in [7, 11) is 1.78. The van der Waals surface area contributed by atoms with Crippen LogP contribution >= 0.6 is 0 Å². The van der Waals surface area contributed by atoms with Crippen molar-refractivity contribution < 1.29 is 9.53 Å². The highest BCUT2D eigenvalue weighted by Gasteiger charge is 2.12. The molecule has 0 bridgehead atoms. The number of anilines is 1. The highest BCUT2D eigenvalue weighted by atomic mass is 16.5. The molecule has 0 saturated carbocycles. The molecule has 1 unspecified atom stereocenters. The van der Waals surface area contributed by atoms with Crippen LogP contribution in [0.4, 0.5) is 5.82 Å². The Balaban J connectivity index is 1.65. The molecule has 0 saturated heterocycles. The Kier molecular flexibility index (Phi) is 4.79. The predicted octanol–water partition coefficient (Wildman–Crippen LogP) is 3.52. The Morgan fingerprint density at radius 2 is 1.96 bits per heavy atom. The average Bonchev–Trinajstić information content (AvgIpc) is 2.93. The molecule has 25 heavy (non-hydrogen) atoms. The number of benzene rings is 1. The number of rotatable bonds is 5. The van der Waals surface area contributed by atoms with Crippen LogP contribution in [0.25, 0.3) is 0 Å². The molecule has 0 radical (unpaired) electrons. The molecule has 0 aliphatic rings. The number of ether oxygens (including phenoxy) is 1. The summed E-state index contributed by atoms with van der Waals surface area (Å²) < 4.78 is 7.44. The molecule has 1 aromatic carbocycles. The minimum atomic E-state index is -0.238. The average molecular weight is 336 g/mol. The first kappa shape index (κ1) is 16.7. The third kappa shape index (κ3) is 4.03. The largest absolute Gasteiger partial charge is 0.470 e. The molecule has 0 fully saturated rings. The van der Waals surface area contributed by atoms with Crippen molar-refractivity contribution >= 4 is 11.7 Å². The van der Waals surface area contributed by atoms with Gasteiger partial charge in [-0.15, -0.1) is 0 Å². The normalized spacial score (nSPS) is 11.8. The molecule has 2 aromatic heterocycles. The standard InChI is InChI=1S/C19H20N4O2/c1-13-11-17(23(3)22-13)21-19(24)16-9-10-18(20-12-16)25-14(2)15-7-5-4-6-8-15/h4-12,14H,1-3H3,(H,21,24). The number of aromatic nitrogens is 3. The molecule has 6 heteroatoms. The molecule has 1 atom stereocenters. The van der Waals surface area contributed by atoms with Gasteiger partial charge in [0.2, 0.25) is 5.88 Å². The van der Waals surface area contributed by atoms with Crippen molar-refractivity contribution in [2.45, 2.75) is 20.0 Å². The molecule has 6 nitrogen and oxygen atoms in total. The third-order valence-electron chi connectivity index (χ3n) is 3.81. The van der Waals surface area contributed by atoms with E-state index in [9.17, 15) is 4.79 Å². The van der Waals surface area contributed by atoms with Gasteiger partial charge in [0.15, 0.2) is 0 Å². The van der Waals surface area contributed by atoms with Crippen LogP contribution in [0.1, 0.15) is 34.6 Å². The Bertz CT molecular complexity index is 857. The van der Waals surface area contributed by atoms with E-state index in [1.54, 1.807) is 23.9 Å². The van der Waals surface area contributed by atoms with E-state index in [4.69, 9.17) is 4.74 Å². The highest BCUT2D eigenvalue weighted by Crippen LogP contribution is 2.20. The number of hydrogen-bond donors (Lipinski definition) is 1. The molecule has 0 aliphatic carbocycles. The lowest BCUT2D eigenvalue weighted by molar-refractivity contribution is 0.102. The van der Waals surface area contributed by atoms with E-state index in [0.717, 1.165) is 11.3 Å². The first-order valence-corrected chi connectivity index (χ1v) is 8.02. The van der Waals surface area contributed by atoms with Crippen LogP contribution in [0.3, 0.4) is 0 Å². The van der Waals surface area contributed by atoms with E-state index in [2.05, 4.69) is 15.4 Å². The zero-order chi connectivity index (χ0) is 17.8. The summed E-state index contributed by atoms with van der Waals surface area (Å²) in [5, 5.41) is 7.01. The number of amides is 1. The zero-order valence-corrected chi connectivity index (χ0v) is 14.4. The zero-order valence-electron chi connectivity index (χ0n) is 14.4. The van der Waals surface area contributed by atoms with Gasteiger partial charge < -0.3 is 10.1 Å². The van der Waals surface area contributed by atoms with Gasteiger partial charge in [0, 0.05) is 25.4 Å². The molecule has 3 aromatic rings. The summed E-state index contributed by atoms with van der Waals surface area (Å²) >= 11 is 0. The fourth-order valence-corrected chi connectivity index (χ4v) is 2.47. The molecule has 128 valence electrons. The Morgan fingerprint density at radius 3 is 2.56 bits per heavy atom. The van der Waals surface area contributed by atoms with E-state index in [0.29, 0.717) is 17.3 Å². The molecule has 1 amide bonds. The molecule has 0 aliphatic heterocycles. The van der Waals surface area contributed by atoms with Crippen molar-refractivity contribution in [1.82, 2.24) is 14.8 Å². The van der Waals surface area contributed by atoms with Crippen LogP contribution in [0.15, 0.2) is 54.7 Å². The SMILES string of the molecule is Cc1cc(NC(=O)c2ccc(OC(C)c3ccccc3)nc2)n(C)n1. The summed E-state index contributed by atoms with van der Waals surface area (Å²) in [4.78, 5) is 16.5. The summed E-state index contributed by atoms with van der Waals surface area (Å²) in [5.41, 5.74) is 2.37. The summed E-state index contributed by atoms with van der Waals surface area (Å²) in [6.07, 6.45) is 1.39. The smallest absolute Gasteiger partial charge is 0.258 e. The fourth-order valence-electron chi connectivity index (χ4n) is 2.47. The maximum atomic E-state index is 12.3. The van der Waals surface area contributed by atoms with Crippen LogP contribution in [0, 0.1) is 6.92 Å². The number of hydrogen-bond acceptors (Lipinski definition) is 4. The maximum Gasteiger partial charge on any atom is 0.258 e. The highest BCUT2D eigenvalue weighted by molar-refractivity contribution is 6.03. The van der Waals surface area contributed by atoms with Crippen LogP contribution in [0.2, 0.25) is 0 Å². The van der Waals surface area contributed by atoms with E-state index in [1.807, 2.05) is 50.2 Å². The van der Waals surface area contributed by atoms with Gasteiger partial charge >= 0.3 is 0 Å². The van der Waals surface area contributed by atoms with Gasteiger partial charge in [0.05, 0.1) is 11.3 Å². The molecule has 2 heterocycles. The molecular weight excluding hydrogens is 316 g/mol. The minimum absolute atomic E-state index is 0.120. The topological polar surface area (TPSA) is 69.0 Å². The van der Waals surface area contributed by atoms with E-state index in [1.165, 1.54) is 6.20 Å². The van der Waals surface area contributed by atoms with Crippen molar-refractivity contribution in [3.05, 3.63) is 71.5 Å². The summed E-state index contributed by atoms with van der Waals surface area (Å²) in [5.74, 6) is 0.878. The maximum absolute atomic E-state index is 12.3. The number of carbonyl (C=O) groups is 1. The summed E-state index contributed by atoms with van der Waals surface area (Å²) in [6.45, 7) is 3.83. The van der Waals surface area contributed by atoms with Gasteiger partial charge in [0.1, 0.15) is 11.9 Å². The van der Waals surface area contributed by atoms with Gasteiger partial charge in [-0.1, -0.05) is 30.3 Å². The van der Waals surface area contributed by atoms with E-state index >= 15 is 0 Å². The lowest BCUT2D eigenvalue weighted by Crippen LogP contribution is -2.15. The van der Waals surface area contributed by atoms with Gasteiger partial charge in [-0.05, 0) is 25.5 Å². The third-order valence-corrected chi connectivity index (χ3v) is 3.81. The van der Waals surface area contributed by atoms with Crippen molar-refractivity contribution in [3.63, 3.8) is 0 Å². The van der Waals surface area contributed by atoms with Crippen LogP contribution in [0.5, 0.6) is 5.88 Å². The number of nitrogens with zero attached hydrogens (tertiary/aromatic N) is 3. The van der Waals surface area contributed by atoms with Gasteiger partial charge in [-0.2, -0.15) is 5.10 Å². The Labute approximate surface area is 146 Å². The van der Waals surface area contributed by atoms with Crippen molar-refractivity contribution in [1.29, 1.82) is 0 Å². The Morgan fingerprint density at radius 1 is 1.20 bits per heavy atom. The van der Waals surface area contributed by atoms with Gasteiger partial charge in [-0.3, -0.25) is 9.48 Å². The summed E-state index contributed by atoms with van der Waals surface area (Å²) in [6, 6.07) is 15.1. The quantitative estimate of drug-likeness (QED) is 0.774. The predicted molar refractivity (Wildman–Crippen MR) is 95.6 cm³/mol. The monoisotopic (exact) mass is 336 g/mol. The van der Waals surface area contributed by atoms with Gasteiger partial charge in [-0.25, -0.2) is 4.98 Å². The van der Waals surface area contributed by atoms with E-state index in [-0.39, 0.29) is 12.0 Å². The molecule has 1 N–H and O–H groups in total. The van der Waals surface area contributed by atoms with Gasteiger partial charge in [0.25, 0.3) is 5.91 Å². The van der Waals surface area contributed by atoms with Crippen LogP contribution in [-0.4, -0.2) is 20.7 Å². The van der Waals surface area contributed by atoms with Crippen LogP contribution < -0.4 is 10.1 Å². The first-order chi connectivity index (χ1) is 12.0. The number of pyridine rings is 1. The van der Waals surface area contributed by atoms with E-state index < -0.39 is 0 Å². The van der Waals surface area contributed by atoms with Crippen molar-refractivity contribution in [3.8, 4) is 5.88 Å². The molecule has 3 rings (SSSR count). The second-order valence-electron chi connectivity index (χ2n) is 5.80. The minimum Gasteiger partial charge on any atom is -0.470 e.